The lowest BCUT2D eigenvalue weighted by Crippen LogP contribution is -2.40. The van der Waals surface area contributed by atoms with Crippen molar-refractivity contribution in [2.24, 2.45) is 5.73 Å². The van der Waals surface area contributed by atoms with Gasteiger partial charge < -0.3 is 25.6 Å². The lowest BCUT2D eigenvalue weighted by molar-refractivity contribution is -0.122. The lowest BCUT2D eigenvalue weighted by atomic mass is 10.1. The number of aliphatic hydroxyl groups excluding tert-OH is 1. The predicted octanol–water partition coefficient (Wildman–Crippen LogP) is 0.201. The molecule has 1 unspecified atom stereocenters. The van der Waals surface area contributed by atoms with Gasteiger partial charge in [0.1, 0.15) is 11.5 Å². The summed E-state index contributed by atoms with van der Waals surface area (Å²) in [5.41, 5.74) is 5.97. The van der Waals surface area contributed by atoms with Crippen LogP contribution in [0.15, 0.2) is 18.2 Å². The summed E-state index contributed by atoms with van der Waals surface area (Å²) in [5.74, 6) is 0.817. The summed E-state index contributed by atoms with van der Waals surface area (Å²) in [4.78, 5) is 11.4. The summed E-state index contributed by atoms with van der Waals surface area (Å²) in [6.45, 7) is 1.64. The van der Waals surface area contributed by atoms with E-state index in [4.69, 9.17) is 15.2 Å². The van der Waals surface area contributed by atoms with Gasteiger partial charge in [-0.3, -0.25) is 4.79 Å². The Morgan fingerprint density at radius 1 is 1.42 bits per heavy atom. The molecule has 0 fully saturated rings. The number of amides is 1. The molecule has 0 aliphatic heterocycles. The zero-order valence-corrected chi connectivity index (χ0v) is 11.3. The highest BCUT2D eigenvalue weighted by Gasteiger charge is 2.16. The van der Waals surface area contributed by atoms with Gasteiger partial charge in [-0.05, 0) is 25.1 Å². The molecule has 1 amide bonds. The zero-order valence-electron chi connectivity index (χ0n) is 11.3. The first-order chi connectivity index (χ1) is 8.99. The molecule has 0 saturated carbocycles. The molecule has 0 radical (unpaired) electrons. The number of nitrogens with one attached hydrogen (secondary N) is 1. The fourth-order valence-electron chi connectivity index (χ4n) is 1.57. The molecule has 1 rings (SSSR count). The molecule has 6 nitrogen and oxygen atoms in total. The van der Waals surface area contributed by atoms with Gasteiger partial charge in [0.05, 0.1) is 26.4 Å². The van der Waals surface area contributed by atoms with Crippen LogP contribution in [-0.2, 0) is 4.79 Å². The minimum Gasteiger partial charge on any atom is -0.497 e. The highest BCUT2D eigenvalue weighted by atomic mass is 16.5. The SMILES string of the molecule is COc1ccc(OC)c(C(O)CNC(=O)[C@H](C)N)c1. The Bertz CT molecular complexity index is 435. The first kappa shape index (κ1) is 15.3. The van der Waals surface area contributed by atoms with Crippen LogP contribution in [-0.4, -0.2) is 37.8 Å². The first-order valence-corrected chi connectivity index (χ1v) is 5.92. The number of benzene rings is 1. The number of methoxy groups -OCH3 is 2. The van der Waals surface area contributed by atoms with Gasteiger partial charge in [-0.25, -0.2) is 0 Å². The van der Waals surface area contributed by atoms with E-state index < -0.39 is 12.1 Å². The van der Waals surface area contributed by atoms with Crippen LogP contribution in [0.5, 0.6) is 11.5 Å². The zero-order chi connectivity index (χ0) is 14.4. The average molecular weight is 268 g/mol. The van der Waals surface area contributed by atoms with Crippen LogP contribution in [0.25, 0.3) is 0 Å². The second-order valence-electron chi connectivity index (χ2n) is 4.16. The smallest absolute Gasteiger partial charge is 0.236 e. The van der Waals surface area contributed by atoms with Gasteiger partial charge in [0.15, 0.2) is 0 Å². The molecule has 0 saturated heterocycles. The summed E-state index contributed by atoms with van der Waals surface area (Å²) in [6.07, 6.45) is -0.896. The summed E-state index contributed by atoms with van der Waals surface area (Å²) < 4.78 is 10.3. The quantitative estimate of drug-likeness (QED) is 0.685. The summed E-state index contributed by atoms with van der Waals surface area (Å²) >= 11 is 0. The maximum absolute atomic E-state index is 11.4. The van der Waals surface area contributed by atoms with Crippen LogP contribution in [0.2, 0.25) is 0 Å². The topological polar surface area (TPSA) is 93.8 Å². The molecule has 0 spiro atoms. The van der Waals surface area contributed by atoms with Crippen molar-refractivity contribution in [3.63, 3.8) is 0 Å². The maximum Gasteiger partial charge on any atom is 0.236 e. The van der Waals surface area contributed by atoms with E-state index in [2.05, 4.69) is 5.32 Å². The van der Waals surface area contributed by atoms with Gasteiger partial charge in [-0.2, -0.15) is 0 Å². The van der Waals surface area contributed by atoms with Crippen molar-refractivity contribution in [2.45, 2.75) is 19.1 Å². The number of carbonyl (C=O) groups excluding carboxylic acids is 1. The number of ether oxygens (including phenoxy) is 2. The summed E-state index contributed by atoms with van der Waals surface area (Å²) in [5, 5.41) is 12.7. The summed E-state index contributed by atoms with van der Waals surface area (Å²) in [7, 11) is 3.05. The third-order valence-corrected chi connectivity index (χ3v) is 2.68. The molecule has 19 heavy (non-hydrogen) atoms. The number of aliphatic hydroxyl groups is 1. The van der Waals surface area contributed by atoms with Crippen molar-refractivity contribution < 1.29 is 19.4 Å². The van der Waals surface area contributed by atoms with Crippen LogP contribution in [0.1, 0.15) is 18.6 Å². The van der Waals surface area contributed by atoms with Gasteiger partial charge in [-0.15, -0.1) is 0 Å². The second-order valence-corrected chi connectivity index (χ2v) is 4.16. The Balaban J connectivity index is 2.79. The lowest BCUT2D eigenvalue weighted by Gasteiger charge is -2.17. The highest BCUT2D eigenvalue weighted by Crippen LogP contribution is 2.28. The number of rotatable bonds is 6. The molecule has 0 bridgehead atoms. The Morgan fingerprint density at radius 3 is 2.63 bits per heavy atom. The third-order valence-electron chi connectivity index (χ3n) is 2.68. The average Bonchev–Trinajstić information content (AvgIpc) is 2.43. The van der Waals surface area contributed by atoms with E-state index in [-0.39, 0.29) is 12.5 Å². The molecule has 1 aromatic rings. The second kappa shape index (κ2) is 6.96. The molecule has 0 aliphatic carbocycles. The molecule has 6 heteroatoms. The molecule has 0 aromatic heterocycles. The normalized spacial score (nSPS) is 13.5. The molecule has 1 aromatic carbocycles. The number of carbonyl (C=O) groups is 1. The largest absolute Gasteiger partial charge is 0.497 e. The van der Waals surface area contributed by atoms with E-state index in [9.17, 15) is 9.90 Å². The van der Waals surface area contributed by atoms with Crippen LogP contribution >= 0.6 is 0 Å². The minimum absolute atomic E-state index is 0.0594. The molecular weight excluding hydrogens is 248 g/mol. The Morgan fingerprint density at radius 2 is 2.11 bits per heavy atom. The standard InChI is InChI=1S/C13H20N2O4/c1-8(14)13(17)15-7-11(16)10-6-9(18-2)4-5-12(10)19-3/h4-6,8,11,16H,7,14H2,1-3H3,(H,15,17)/t8-,11?/m0/s1. The van der Waals surface area contributed by atoms with Gasteiger partial charge in [0.2, 0.25) is 5.91 Å². The Labute approximate surface area is 112 Å². The van der Waals surface area contributed by atoms with Crippen LogP contribution in [0.3, 0.4) is 0 Å². The molecule has 4 N–H and O–H groups in total. The minimum atomic E-state index is -0.896. The van der Waals surface area contributed by atoms with Crippen molar-refractivity contribution in [3.05, 3.63) is 23.8 Å². The van der Waals surface area contributed by atoms with Crippen LogP contribution in [0, 0.1) is 0 Å². The molecule has 2 atom stereocenters. The van der Waals surface area contributed by atoms with E-state index in [1.165, 1.54) is 14.2 Å². The molecular formula is C13H20N2O4. The van der Waals surface area contributed by atoms with Gasteiger partial charge in [0.25, 0.3) is 0 Å². The molecule has 0 heterocycles. The van der Waals surface area contributed by atoms with E-state index >= 15 is 0 Å². The number of nitrogens with two attached hydrogens (primary N) is 1. The summed E-state index contributed by atoms with van der Waals surface area (Å²) in [6, 6.07) is 4.49. The predicted molar refractivity (Wildman–Crippen MR) is 71.2 cm³/mol. The van der Waals surface area contributed by atoms with Gasteiger partial charge >= 0.3 is 0 Å². The van der Waals surface area contributed by atoms with E-state index in [0.717, 1.165) is 0 Å². The van der Waals surface area contributed by atoms with Gasteiger partial charge in [-0.1, -0.05) is 0 Å². The third kappa shape index (κ3) is 4.11. The maximum atomic E-state index is 11.4. The molecule has 106 valence electrons. The van der Waals surface area contributed by atoms with Crippen molar-refractivity contribution in [2.75, 3.05) is 20.8 Å². The van der Waals surface area contributed by atoms with E-state index in [1.54, 1.807) is 25.1 Å². The monoisotopic (exact) mass is 268 g/mol. The first-order valence-electron chi connectivity index (χ1n) is 5.92. The van der Waals surface area contributed by atoms with Crippen LogP contribution in [0.4, 0.5) is 0 Å². The Hall–Kier alpha value is -1.79. The van der Waals surface area contributed by atoms with Crippen molar-refractivity contribution in [3.8, 4) is 11.5 Å². The fraction of sp³-hybridized carbons (Fsp3) is 0.462. The van der Waals surface area contributed by atoms with E-state index in [0.29, 0.717) is 17.1 Å². The van der Waals surface area contributed by atoms with Crippen molar-refractivity contribution >= 4 is 5.91 Å². The van der Waals surface area contributed by atoms with Crippen molar-refractivity contribution in [1.82, 2.24) is 5.32 Å². The van der Waals surface area contributed by atoms with Crippen LogP contribution < -0.4 is 20.5 Å². The highest BCUT2D eigenvalue weighted by molar-refractivity contribution is 5.80. The van der Waals surface area contributed by atoms with Crippen molar-refractivity contribution in [1.29, 1.82) is 0 Å². The van der Waals surface area contributed by atoms with Gasteiger partial charge in [0, 0.05) is 12.1 Å². The Kier molecular flexibility index (Phi) is 5.59. The number of hydrogen-bond donors (Lipinski definition) is 3. The van der Waals surface area contributed by atoms with E-state index in [1.807, 2.05) is 0 Å². The molecule has 0 aliphatic rings. The fourth-order valence-corrected chi connectivity index (χ4v) is 1.57. The number of hydrogen-bond acceptors (Lipinski definition) is 5.